The molecule has 0 heterocycles. The van der Waals surface area contributed by atoms with Crippen LogP contribution < -0.4 is 4.72 Å². The minimum absolute atomic E-state index is 0.173. The number of alkyl halides is 1. The van der Waals surface area contributed by atoms with Crippen LogP contribution in [0, 0.1) is 5.92 Å². The third-order valence-corrected chi connectivity index (χ3v) is 6.85. The van der Waals surface area contributed by atoms with Gasteiger partial charge in [0.2, 0.25) is 10.0 Å². The van der Waals surface area contributed by atoms with E-state index in [1.165, 1.54) is 19.3 Å². The molecule has 3 nitrogen and oxygen atoms in total. The second-order valence-corrected chi connectivity index (χ2v) is 7.98. The minimum atomic E-state index is -3.09. The number of rotatable bonds is 5. The summed E-state index contributed by atoms with van der Waals surface area (Å²) in [5.74, 6) is 0.718. The molecule has 100 valence electrons. The second kappa shape index (κ2) is 5.57. The highest BCUT2D eigenvalue weighted by molar-refractivity contribution is 9.09. The van der Waals surface area contributed by atoms with E-state index in [-0.39, 0.29) is 5.54 Å². The van der Waals surface area contributed by atoms with Crippen LogP contribution >= 0.6 is 15.9 Å². The van der Waals surface area contributed by atoms with Gasteiger partial charge < -0.3 is 0 Å². The van der Waals surface area contributed by atoms with E-state index in [0.717, 1.165) is 37.4 Å². The molecule has 0 amide bonds. The average molecular weight is 324 g/mol. The fourth-order valence-electron chi connectivity index (χ4n) is 2.90. The maximum Gasteiger partial charge on any atom is 0.212 e. The van der Waals surface area contributed by atoms with E-state index in [0.29, 0.717) is 11.7 Å². The second-order valence-electron chi connectivity index (χ2n) is 5.66. The van der Waals surface area contributed by atoms with Gasteiger partial charge in [0.15, 0.2) is 0 Å². The normalized spacial score (nSPS) is 25.5. The van der Waals surface area contributed by atoms with E-state index in [9.17, 15) is 8.42 Å². The summed E-state index contributed by atoms with van der Waals surface area (Å²) in [6, 6.07) is 0. The smallest absolute Gasteiger partial charge is 0.212 e. The average Bonchev–Trinajstić information content (AvgIpc) is 2.24. The lowest BCUT2D eigenvalue weighted by atomic mass is 9.80. The van der Waals surface area contributed by atoms with Crippen LogP contribution in [0.5, 0.6) is 0 Å². The van der Waals surface area contributed by atoms with E-state index < -0.39 is 10.0 Å². The van der Waals surface area contributed by atoms with E-state index in [1.807, 2.05) is 0 Å². The fourth-order valence-corrected chi connectivity index (χ4v) is 5.76. The quantitative estimate of drug-likeness (QED) is 0.791. The Hall–Kier alpha value is 0.390. The predicted molar refractivity (Wildman–Crippen MR) is 73.9 cm³/mol. The number of sulfonamides is 1. The van der Waals surface area contributed by atoms with Crippen LogP contribution in [-0.2, 0) is 10.0 Å². The Morgan fingerprint density at radius 1 is 1.12 bits per heavy atom. The molecule has 2 aliphatic rings. The number of halogens is 1. The van der Waals surface area contributed by atoms with Crippen molar-refractivity contribution in [2.75, 3.05) is 11.1 Å². The SMILES string of the molecule is O=S(=O)(CC1CCCCC1)NC1(CBr)CCC1. The third kappa shape index (κ3) is 3.67. The summed E-state index contributed by atoms with van der Waals surface area (Å²) in [5, 5.41) is 0.740. The van der Waals surface area contributed by atoms with Gasteiger partial charge in [-0.1, -0.05) is 35.2 Å². The van der Waals surface area contributed by atoms with Crippen molar-refractivity contribution in [2.24, 2.45) is 5.92 Å². The van der Waals surface area contributed by atoms with Crippen LogP contribution in [0.25, 0.3) is 0 Å². The molecule has 1 N–H and O–H groups in total. The first-order chi connectivity index (χ1) is 8.05. The highest BCUT2D eigenvalue weighted by Gasteiger charge is 2.39. The molecule has 0 aromatic carbocycles. The van der Waals surface area contributed by atoms with Crippen molar-refractivity contribution >= 4 is 26.0 Å². The van der Waals surface area contributed by atoms with E-state index >= 15 is 0 Å². The van der Waals surface area contributed by atoms with E-state index in [1.54, 1.807) is 0 Å². The molecule has 0 spiro atoms. The molecule has 17 heavy (non-hydrogen) atoms. The summed E-state index contributed by atoms with van der Waals surface area (Å²) in [4.78, 5) is 0. The monoisotopic (exact) mass is 323 g/mol. The Labute approximate surface area is 113 Å². The van der Waals surface area contributed by atoms with Crippen LogP contribution in [0.15, 0.2) is 0 Å². The molecule has 0 radical (unpaired) electrons. The van der Waals surface area contributed by atoms with Crippen molar-refractivity contribution in [2.45, 2.75) is 56.9 Å². The molecular formula is C12H22BrNO2S. The van der Waals surface area contributed by atoms with Gasteiger partial charge in [-0.2, -0.15) is 0 Å². The minimum Gasteiger partial charge on any atom is -0.212 e. The summed E-state index contributed by atoms with van der Waals surface area (Å²) in [6.45, 7) is 0. The van der Waals surface area contributed by atoms with Crippen molar-refractivity contribution < 1.29 is 8.42 Å². The molecule has 2 fully saturated rings. The summed E-state index contributed by atoms with van der Waals surface area (Å²) in [6.07, 6.45) is 8.93. The molecule has 2 aliphatic carbocycles. The van der Waals surface area contributed by atoms with Gasteiger partial charge in [0.1, 0.15) is 0 Å². The van der Waals surface area contributed by atoms with Crippen molar-refractivity contribution in [1.82, 2.24) is 4.72 Å². The van der Waals surface area contributed by atoms with Crippen LogP contribution in [0.2, 0.25) is 0 Å². The molecule has 2 saturated carbocycles. The maximum absolute atomic E-state index is 12.1. The molecule has 0 saturated heterocycles. The number of hydrogen-bond donors (Lipinski definition) is 1. The molecule has 0 unspecified atom stereocenters. The largest absolute Gasteiger partial charge is 0.212 e. The summed E-state index contributed by atoms with van der Waals surface area (Å²) in [5.41, 5.74) is -0.173. The van der Waals surface area contributed by atoms with Crippen molar-refractivity contribution in [3.8, 4) is 0 Å². The van der Waals surface area contributed by atoms with Gasteiger partial charge in [-0.3, -0.25) is 0 Å². The van der Waals surface area contributed by atoms with Crippen molar-refractivity contribution in [3.05, 3.63) is 0 Å². The Balaban J connectivity index is 1.89. The van der Waals surface area contributed by atoms with Crippen LogP contribution in [0.4, 0.5) is 0 Å². The molecule has 0 bridgehead atoms. The van der Waals surface area contributed by atoms with Crippen molar-refractivity contribution in [1.29, 1.82) is 0 Å². The summed E-state index contributed by atoms with van der Waals surface area (Å²) < 4.78 is 27.2. The first-order valence-electron chi connectivity index (χ1n) is 6.63. The van der Waals surface area contributed by atoms with Crippen LogP contribution in [0.1, 0.15) is 51.4 Å². The number of nitrogens with one attached hydrogen (secondary N) is 1. The molecule has 0 aliphatic heterocycles. The Morgan fingerprint density at radius 2 is 1.76 bits per heavy atom. The highest BCUT2D eigenvalue weighted by Crippen LogP contribution is 2.34. The van der Waals surface area contributed by atoms with Gasteiger partial charge in [-0.05, 0) is 38.0 Å². The zero-order valence-corrected chi connectivity index (χ0v) is 12.7. The predicted octanol–water partition coefficient (Wildman–Crippen LogP) is 2.80. The molecule has 0 aromatic heterocycles. The molecule has 5 heteroatoms. The standard InChI is InChI=1S/C12H22BrNO2S/c13-10-12(7-4-8-12)14-17(15,16)9-11-5-2-1-3-6-11/h11,14H,1-10H2. The van der Waals surface area contributed by atoms with E-state index in [4.69, 9.17) is 0 Å². The van der Waals surface area contributed by atoms with Gasteiger partial charge >= 0.3 is 0 Å². The Kier molecular flexibility index (Phi) is 4.53. The number of hydrogen-bond acceptors (Lipinski definition) is 2. The topological polar surface area (TPSA) is 46.2 Å². The van der Waals surface area contributed by atoms with Gasteiger partial charge in [0.05, 0.1) is 5.75 Å². The summed E-state index contributed by atoms with van der Waals surface area (Å²) >= 11 is 3.43. The molecular weight excluding hydrogens is 302 g/mol. The van der Waals surface area contributed by atoms with Crippen LogP contribution in [-0.4, -0.2) is 25.0 Å². The van der Waals surface area contributed by atoms with Gasteiger partial charge in [-0.15, -0.1) is 0 Å². The van der Waals surface area contributed by atoms with Gasteiger partial charge in [0.25, 0.3) is 0 Å². The highest BCUT2D eigenvalue weighted by atomic mass is 79.9. The fraction of sp³-hybridized carbons (Fsp3) is 1.00. The zero-order valence-electron chi connectivity index (χ0n) is 10.3. The maximum atomic E-state index is 12.1. The third-order valence-electron chi connectivity index (χ3n) is 4.12. The zero-order chi connectivity index (χ0) is 12.4. The first kappa shape index (κ1) is 13.8. The molecule has 0 atom stereocenters. The van der Waals surface area contributed by atoms with Crippen molar-refractivity contribution in [3.63, 3.8) is 0 Å². The molecule has 2 rings (SSSR count). The van der Waals surface area contributed by atoms with Gasteiger partial charge in [-0.25, -0.2) is 13.1 Å². The van der Waals surface area contributed by atoms with E-state index in [2.05, 4.69) is 20.7 Å². The Bertz CT molecular complexity index is 340. The lowest BCUT2D eigenvalue weighted by Crippen LogP contribution is -2.55. The lowest BCUT2D eigenvalue weighted by Gasteiger charge is -2.41. The van der Waals surface area contributed by atoms with Crippen LogP contribution in [0.3, 0.4) is 0 Å². The lowest BCUT2D eigenvalue weighted by molar-refractivity contribution is 0.255. The Morgan fingerprint density at radius 3 is 2.24 bits per heavy atom. The first-order valence-corrected chi connectivity index (χ1v) is 9.40. The van der Waals surface area contributed by atoms with Gasteiger partial charge in [0, 0.05) is 10.9 Å². The molecule has 0 aromatic rings. The summed E-state index contributed by atoms with van der Waals surface area (Å²) in [7, 11) is -3.09.